The van der Waals surface area contributed by atoms with E-state index in [0.717, 1.165) is 55.0 Å². The van der Waals surface area contributed by atoms with Gasteiger partial charge in [0.15, 0.2) is 0 Å². The van der Waals surface area contributed by atoms with Crippen molar-refractivity contribution in [3.05, 3.63) is 114 Å². The Bertz CT molecular complexity index is 2410. The number of aromatic nitrogens is 3. The number of para-hydroxylation sites is 2. The van der Waals surface area contributed by atoms with Crippen LogP contribution in [0.5, 0.6) is 0 Å². The highest BCUT2D eigenvalue weighted by Crippen LogP contribution is 2.43. The Balaban J connectivity index is 1.31. The third-order valence-electron chi connectivity index (χ3n) is 7.73. The summed E-state index contributed by atoms with van der Waals surface area (Å²) in [7, 11) is 0. The van der Waals surface area contributed by atoms with E-state index in [0.29, 0.717) is 11.1 Å². The summed E-state index contributed by atoms with van der Waals surface area (Å²) in [5.41, 5.74) is 5.53. The summed E-state index contributed by atoms with van der Waals surface area (Å²) >= 11 is 8.47. The molecule has 188 valence electrons. The first-order valence-corrected chi connectivity index (χ1v) is 14.2. The fourth-order valence-corrected chi connectivity index (χ4v) is 7.33. The highest BCUT2D eigenvalue weighted by atomic mass is 35.5. The van der Waals surface area contributed by atoms with Gasteiger partial charge in [-0.1, -0.05) is 66.2 Å². The Kier molecular flexibility index (Phi) is 4.51. The fourth-order valence-electron chi connectivity index (χ4n) is 6.03. The minimum atomic E-state index is 0.394. The molecule has 0 saturated carbocycles. The van der Waals surface area contributed by atoms with Crippen LogP contribution >= 0.6 is 22.9 Å². The molecule has 5 aromatic carbocycles. The maximum Gasteiger partial charge on any atom is 0.236 e. The summed E-state index contributed by atoms with van der Waals surface area (Å²) in [5.74, 6) is 0.545. The average Bonchev–Trinajstić information content (AvgIpc) is 3.65. The molecule has 0 spiro atoms. The van der Waals surface area contributed by atoms with Gasteiger partial charge < -0.3 is 4.42 Å². The molecule has 0 aliphatic carbocycles. The molecule has 0 fully saturated rings. The lowest BCUT2D eigenvalue weighted by Crippen LogP contribution is -2.02. The first kappa shape index (κ1) is 22.1. The minimum Gasteiger partial charge on any atom is -0.456 e. The van der Waals surface area contributed by atoms with Crippen LogP contribution in [0.4, 0.5) is 0 Å². The molecular formula is C34H18ClN3OS. The summed E-state index contributed by atoms with van der Waals surface area (Å²) in [4.78, 5) is 9.73. The molecule has 6 heteroatoms. The quantitative estimate of drug-likeness (QED) is 0.201. The van der Waals surface area contributed by atoms with E-state index in [2.05, 4.69) is 88.4 Å². The lowest BCUT2D eigenvalue weighted by molar-refractivity contribution is 0.669. The molecule has 0 radical (unpaired) electrons. The SMILES string of the molecule is Clc1cc(-c2ccc3oc4ccc5sc6ccccc6c5c4c3c2)nc(-n2c3ccccc3c3ccccc32)n1. The summed E-state index contributed by atoms with van der Waals surface area (Å²) in [6, 6.07) is 37.5. The van der Waals surface area contributed by atoms with Crippen LogP contribution in [-0.2, 0) is 0 Å². The zero-order valence-corrected chi connectivity index (χ0v) is 22.5. The topological polar surface area (TPSA) is 43.9 Å². The van der Waals surface area contributed by atoms with Crippen LogP contribution in [0.2, 0.25) is 5.15 Å². The Morgan fingerprint density at radius 3 is 2.10 bits per heavy atom. The van der Waals surface area contributed by atoms with Gasteiger partial charge in [0.25, 0.3) is 0 Å². The summed E-state index contributed by atoms with van der Waals surface area (Å²) in [6.45, 7) is 0. The van der Waals surface area contributed by atoms with Gasteiger partial charge in [0.2, 0.25) is 5.95 Å². The van der Waals surface area contributed by atoms with Gasteiger partial charge in [-0.2, -0.15) is 0 Å². The molecule has 0 aliphatic heterocycles. The molecule has 4 heterocycles. The lowest BCUT2D eigenvalue weighted by Gasteiger charge is -2.09. The van der Waals surface area contributed by atoms with E-state index in [1.54, 1.807) is 0 Å². The van der Waals surface area contributed by atoms with Crippen LogP contribution < -0.4 is 0 Å². The van der Waals surface area contributed by atoms with Crippen molar-refractivity contribution in [2.75, 3.05) is 0 Å². The molecule has 0 bridgehead atoms. The third kappa shape index (κ3) is 3.07. The average molecular weight is 552 g/mol. The van der Waals surface area contributed by atoms with Gasteiger partial charge in [0, 0.05) is 53.3 Å². The van der Waals surface area contributed by atoms with Gasteiger partial charge in [0.05, 0.1) is 16.7 Å². The number of halogens is 1. The number of thiophene rings is 1. The first-order valence-electron chi connectivity index (χ1n) is 13.0. The van der Waals surface area contributed by atoms with Crippen molar-refractivity contribution in [2.45, 2.75) is 0 Å². The number of rotatable bonds is 2. The van der Waals surface area contributed by atoms with Crippen molar-refractivity contribution in [1.82, 2.24) is 14.5 Å². The van der Waals surface area contributed by atoms with Gasteiger partial charge in [-0.15, -0.1) is 11.3 Å². The normalized spacial score (nSPS) is 12.1. The third-order valence-corrected chi connectivity index (χ3v) is 9.06. The molecule has 0 atom stereocenters. The predicted molar refractivity (Wildman–Crippen MR) is 167 cm³/mol. The van der Waals surface area contributed by atoms with Crippen LogP contribution in [0.25, 0.3) is 81.1 Å². The molecule has 0 amide bonds. The van der Waals surface area contributed by atoms with E-state index in [1.807, 2.05) is 41.7 Å². The molecular weight excluding hydrogens is 534 g/mol. The standard InChI is InChI=1S/C34H18ClN3OS/c35-31-18-24(36-34(37-31)38-25-10-4-1-7-20(25)21-8-2-5-11-26(21)38)19-13-14-27-23(17-19)32-28(39-27)15-16-30-33(32)22-9-3-6-12-29(22)40-30/h1-18H. The second-order valence-electron chi connectivity index (χ2n) is 9.97. The molecule has 40 heavy (non-hydrogen) atoms. The zero-order chi connectivity index (χ0) is 26.4. The maximum absolute atomic E-state index is 6.66. The van der Waals surface area contributed by atoms with Gasteiger partial charge >= 0.3 is 0 Å². The van der Waals surface area contributed by atoms with Crippen LogP contribution in [0, 0.1) is 0 Å². The van der Waals surface area contributed by atoms with Crippen molar-refractivity contribution in [2.24, 2.45) is 0 Å². The van der Waals surface area contributed by atoms with E-state index in [1.165, 1.54) is 20.2 Å². The Hall–Kier alpha value is -4.71. The van der Waals surface area contributed by atoms with Gasteiger partial charge in [-0.3, -0.25) is 4.57 Å². The second-order valence-corrected chi connectivity index (χ2v) is 11.4. The van der Waals surface area contributed by atoms with Crippen molar-refractivity contribution in [3.8, 4) is 17.2 Å². The number of fused-ring (bicyclic) bond motifs is 10. The van der Waals surface area contributed by atoms with Crippen molar-refractivity contribution < 1.29 is 4.42 Å². The molecule has 0 saturated heterocycles. The monoisotopic (exact) mass is 551 g/mol. The molecule has 4 nitrogen and oxygen atoms in total. The van der Waals surface area contributed by atoms with Crippen LogP contribution in [-0.4, -0.2) is 14.5 Å². The highest BCUT2D eigenvalue weighted by molar-refractivity contribution is 7.26. The van der Waals surface area contributed by atoms with E-state index in [4.69, 9.17) is 21.0 Å². The molecule has 9 aromatic rings. The summed E-state index contributed by atoms with van der Waals surface area (Å²) in [5, 5.41) is 7.39. The largest absolute Gasteiger partial charge is 0.456 e. The minimum absolute atomic E-state index is 0.394. The number of hydrogen-bond acceptors (Lipinski definition) is 4. The van der Waals surface area contributed by atoms with Crippen LogP contribution in [0.3, 0.4) is 0 Å². The van der Waals surface area contributed by atoms with Crippen molar-refractivity contribution in [1.29, 1.82) is 0 Å². The van der Waals surface area contributed by atoms with Gasteiger partial charge in [-0.25, -0.2) is 9.97 Å². The molecule has 0 N–H and O–H groups in total. The van der Waals surface area contributed by atoms with Gasteiger partial charge in [0.1, 0.15) is 16.3 Å². The second kappa shape index (κ2) is 8.15. The summed E-state index contributed by atoms with van der Waals surface area (Å²) < 4.78 is 10.9. The van der Waals surface area contributed by atoms with Gasteiger partial charge in [-0.05, 0) is 48.5 Å². The van der Waals surface area contributed by atoms with E-state index >= 15 is 0 Å². The Labute approximate surface area is 236 Å². The smallest absolute Gasteiger partial charge is 0.236 e. The van der Waals surface area contributed by atoms with Crippen LogP contribution in [0.1, 0.15) is 0 Å². The molecule has 0 unspecified atom stereocenters. The van der Waals surface area contributed by atoms with E-state index in [9.17, 15) is 0 Å². The number of hydrogen-bond donors (Lipinski definition) is 0. The van der Waals surface area contributed by atoms with Crippen molar-refractivity contribution in [3.63, 3.8) is 0 Å². The zero-order valence-electron chi connectivity index (χ0n) is 20.9. The predicted octanol–water partition coefficient (Wildman–Crippen LogP) is 10.2. The summed E-state index contributed by atoms with van der Waals surface area (Å²) in [6.07, 6.45) is 0. The molecule has 4 aromatic heterocycles. The molecule has 0 aliphatic rings. The van der Waals surface area contributed by atoms with Crippen LogP contribution in [0.15, 0.2) is 114 Å². The lowest BCUT2D eigenvalue weighted by atomic mass is 10.0. The Morgan fingerprint density at radius 1 is 0.600 bits per heavy atom. The number of furan rings is 1. The fraction of sp³-hybridized carbons (Fsp3) is 0. The number of nitrogens with zero attached hydrogens (tertiary/aromatic N) is 3. The highest BCUT2D eigenvalue weighted by Gasteiger charge is 2.18. The van der Waals surface area contributed by atoms with E-state index < -0.39 is 0 Å². The maximum atomic E-state index is 6.66. The Morgan fingerprint density at radius 2 is 1.30 bits per heavy atom. The first-order chi connectivity index (χ1) is 19.7. The number of benzene rings is 5. The van der Waals surface area contributed by atoms with E-state index in [-0.39, 0.29) is 0 Å². The van der Waals surface area contributed by atoms with Crippen molar-refractivity contribution >= 4 is 86.9 Å². The molecule has 9 rings (SSSR count).